The largest absolute Gasteiger partial charge is 0.325 e. The van der Waals surface area contributed by atoms with Crippen LogP contribution in [0.25, 0.3) is 0 Å². The molecule has 1 aliphatic rings. The number of carbonyl (C=O) groups excluding carboxylic acids is 1. The van der Waals surface area contributed by atoms with E-state index in [1.165, 1.54) is 32.1 Å². The highest BCUT2D eigenvalue weighted by molar-refractivity contribution is 5.92. The highest BCUT2D eigenvalue weighted by atomic mass is 16.2. The van der Waals surface area contributed by atoms with Crippen LogP contribution >= 0.6 is 0 Å². The molecule has 6 nitrogen and oxygen atoms in total. The van der Waals surface area contributed by atoms with Crippen LogP contribution < -0.4 is 5.32 Å². The lowest BCUT2D eigenvalue weighted by atomic mass is 9.86. The molecule has 1 saturated carbocycles. The van der Waals surface area contributed by atoms with Crippen molar-refractivity contribution in [3.63, 3.8) is 0 Å². The lowest BCUT2D eigenvalue weighted by Crippen LogP contribution is -2.23. The van der Waals surface area contributed by atoms with Crippen LogP contribution in [0.4, 0.5) is 5.82 Å². The third kappa shape index (κ3) is 3.55. The van der Waals surface area contributed by atoms with Gasteiger partial charge in [0.1, 0.15) is 6.04 Å². The standard InChI is InChI=1S/C16H23N5O/c1-12(21-8-7-17-11-21)16(22)18-15-10-14(19-20-15)9-13-5-3-2-4-6-13/h7-8,10-13H,2-6,9H2,1H3,(H2,18,19,20,22)/t12-/m0/s1. The number of amides is 1. The zero-order chi connectivity index (χ0) is 15.4. The fraction of sp³-hybridized carbons (Fsp3) is 0.562. The molecule has 2 N–H and O–H groups in total. The van der Waals surface area contributed by atoms with Gasteiger partial charge in [-0.05, 0) is 19.3 Å². The Bertz CT molecular complexity index is 598. The summed E-state index contributed by atoms with van der Waals surface area (Å²) in [6, 6.07) is 1.65. The lowest BCUT2D eigenvalue weighted by Gasteiger charge is -2.20. The maximum absolute atomic E-state index is 12.2. The Balaban J connectivity index is 1.55. The Labute approximate surface area is 130 Å². The highest BCUT2D eigenvalue weighted by Crippen LogP contribution is 2.26. The molecule has 0 aromatic carbocycles. The van der Waals surface area contributed by atoms with Gasteiger partial charge < -0.3 is 9.88 Å². The van der Waals surface area contributed by atoms with Crippen LogP contribution in [0.1, 0.15) is 50.8 Å². The predicted molar refractivity (Wildman–Crippen MR) is 84.4 cm³/mol. The number of carbonyl (C=O) groups is 1. The Morgan fingerprint density at radius 2 is 2.27 bits per heavy atom. The van der Waals surface area contributed by atoms with E-state index in [4.69, 9.17) is 0 Å². The van der Waals surface area contributed by atoms with Crippen LogP contribution in [0.15, 0.2) is 24.8 Å². The van der Waals surface area contributed by atoms with E-state index in [2.05, 4.69) is 20.5 Å². The minimum Gasteiger partial charge on any atom is -0.325 e. The Kier molecular flexibility index (Phi) is 4.56. The van der Waals surface area contributed by atoms with Crippen molar-refractivity contribution in [3.8, 4) is 0 Å². The average Bonchev–Trinajstić information content (AvgIpc) is 3.19. The van der Waals surface area contributed by atoms with Crippen LogP contribution in [-0.2, 0) is 11.2 Å². The van der Waals surface area contributed by atoms with Crippen LogP contribution in [0.3, 0.4) is 0 Å². The molecular weight excluding hydrogens is 278 g/mol. The van der Waals surface area contributed by atoms with Gasteiger partial charge in [0, 0.05) is 24.2 Å². The Morgan fingerprint density at radius 3 is 3.00 bits per heavy atom. The quantitative estimate of drug-likeness (QED) is 0.891. The van der Waals surface area contributed by atoms with E-state index in [1.54, 1.807) is 23.3 Å². The van der Waals surface area contributed by atoms with Gasteiger partial charge in [-0.25, -0.2) is 4.98 Å². The highest BCUT2D eigenvalue weighted by Gasteiger charge is 2.17. The van der Waals surface area contributed by atoms with E-state index in [-0.39, 0.29) is 11.9 Å². The molecule has 2 aromatic heterocycles. The number of aromatic amines is 1. The molecule has 3 rings (SSSR count). The van der Waals surface area contributed by atoms with Gasteiger partial charge >= 0.3 is 0 Å². The molecular formula is C16H23N5O. The fourth-order valence-electron chi connectivity index (χ4n) is 3.10. The molecule has 1 atom stereocenters. The Morgan fingerprint density at radius 1 is 1.45 bits per heavy atom. The number of nitrogens with one attached hydrogen (secondary N) is 2. The van der Waals surface area contributed by atoms with Crippen molar-refractivity contribution < 1.29 is 4.79 Å². The number of anilines is 1. The molecule has 0 spiro atoms. The van der Waals surface area contributed by atoms with Gasteiger partial charge in [-0.2, -0.15) is 5.10 Å². The number of H-pyrrole nitrogens is 1. The minimum atomic E-state index is -0.305. The third-order valence-electron chi connectivity index (χ3n) is 4.47. The summed E-state index contributed by atoms with van der Waals surface area (Å²) in [5, 5.41) is 10.1. The summed E-state index contributed by atoms with van der Waals surface area (Å²) in [6.07, 6.45) is 12.8. The van der Waals surface area contributed by atoms with Crippen molar-refractivity contribution in [3.05, 3.63) is 30.5 Å². The molecule has 1 fully saturated rings. The maximum atomic E-state index is 12.2. The molecule has 2 aromatic rings. The lowest BCUT2D eigenvalue weighted by molar-refractivity contribution is -0.118. The van der Waals surface area contributed by atoms with Crippen LogP contribution in [0.2, 0.25) is 0 Å². The van der Waals surface area contributed by atoms with Crippen LogP contribution in [0.5, 0.6) is 0 Å². The van der Waals surface area contributed by atoms with Gasteiger partial charge in [-0.15, -0.1) is 0 Å². The summed E-state index contributed by atoms with van der Waals surface area (Å²) in [5.74, 6) is 1.26. The summed E-state index contributed by atoms with van der Waals surface area (Å²) in [4.78, 5) is 16.2. The summed E-state index contributed by atoms with van der Waals surface area (Å²) < 4.78 is 1.77. The molecule has 6 heteroatoms. The van der Waals surface area contributed by atoms with E-state index in [0.29, 0.717) is 5.82 Å². The molecule has 2 heterocycles. The van der Waals surface area contributed by atoms with Gasteiger partial charge in [0.2, 0.25) is 5.91 Å². The molecule has 1 aliphatic carbocycles. The van der Waals surface area contributed by atoms with Gasteiger partial charge in [0.25, 0.3) is 0 Å². The average molecular weight is 301 g/mol. The number of nitrogens with zero attached hydrogens (tertiary/aromatic N) is 3. The van der Waals surface area contributed by atoms with Crippen molar-refractivity contribution >= 4 is 11.7 Å². The van der Waals surface area contributed by atoms with Gasteiger partial charge in [0.15, 0.2) is 5.82 Å². The molecule has 0 bridgehead atoms. The van der Waals surface area contributed by atoms with Gasteiger partial charge in [-0.1, -0.05) is 32.1 Å². The Hall–Kier alpha value is -2.11. The molecule has 0 radical (unpaired) electrons. The first-order valence-electron chi connectivity index (χ1n) is 8.05. The van der Waals surface area contributed by atoms with Gasteiger partial charge in [0.05, 0.1) is 6.33 Å². The molecule has 0 aliphatic heterocycles. The monoisotopic (exact) mass is 301 g/mol. The molecule has 0 saturated heterocycles. The van der Waals surface area contributed by atoms with E-state index >= 15 is 0 Å². The number of hydrogen-bond donors (Lipinski definition) is 2. The van der Waals surface area contributed by atoms with E-state index in [1.807, 2.05) is 13.0 Å². The number of aromatic nitrogens is 4. The normalized spacial score (nSPS) is 17.3. The third-order valence-corrected chi connectivity index (χ3v) is 4.47. The SMILES string of the molecule is C[C@@H](C(=O)Nc1cc(CC2CCCCC2)[nH]n1)n1ccnc1. The van der Waals surface area contributed by atoms with Crippen LogP contribution in [0, 0.1) is 5.92 Å². The summed E-state index contributed by atoms with van der Waals surface area (Å²) in [6.45, 7) is 1.84. The van der Waals surface area contributed by atoms with Crippen molar-refractivity contribution in [2.24, 2.45) is 5.92 Å². The molecule has 1 amide bonds. The van der Waals surface area contributed by atoms with Gasteiger partial charge in [-0.3, -0.25) is 9.89 Å². The first-order valence-corrected chi connectivity index (χ1v) is 8.05. The summed E-state index contributed by atoms with van der Waals surface area (Å²) in [5.41, 5.74) is 1.11. The summed E-state index contributed by atoms with van der Waals surface area (Å²) >= 11 is 0. The van der Waals surface area contributed by atoms with Crippen molar-refractivity contribution in [1.82, 2.24) is 19.7 Å². The minimum absolute atomic E-state index is 0.0892. The number of imidazole rings is 1. The number of rotatable bonds is 5. The second-order valence-electron chi connectivity index (χ2n) is 6.16. The predicted octanol–water partition coefficient (Wildman–Crippen LogP) is 2.93. The van der Waals surface area contributed by atoms with E-state index in [9.17, 15) is 4.79 Å². The first kappa shape index (κ1) is 14.8. The van der Waals surface area contributed by atoms with Crippen LogP contribution in [-0.4, -0.2) is 25.7 Å². The maximum Gasteiger partial charge on any atom is 0.248 e. The van der Waals surface area contributed by atoms with Crippen molar-refractivity contribution in [1.29, 1.82) is 0 Å². The molecule has 118 valence electrons. The zero-order valence-electron chi connectivity index (χ0n) is 13.0. The molecule has 0 unspecified atom stereocenters. The zero-order valence-corrected chi connectivity index (χ0v) is 13.0. The first-order chi connectivity index (χ1) is 10.7. The molecule has 22 heavy (non-hydrogen) atoms. The topological polar surface area (TPSA) is 75.6 Å². The second-order valence-corrected chi connectivity index (χ2v) is 6.16. The van der Waals surface area contributed by atoms with E-state index < -0.39 is 0 Å². The van der Waals surface area contributed by atoms with Crippen molar-refractivity contribution in [2.45, 2.75) is 51.5 Å². The fourth-order valence-corrected chi connectivity index (χ4v) is 3.10. The van der Waals surface area contributed by atoms with E-state index in [0.717, 1.165) is 18.0 Å². The summed E-state index contributed by atoms with van der Waals surface area (Å²) in [7, 11) is 0. The second kappa shape index (κ2) is 6.77. The number of hydrogen-bond acceptors (Lipinski definition) is 3. The smallest absolute Gasteiger partial charge is 0.248 e. The van der Waals surface area contributed by atoms with Crippen molar-refractivity contribution in [2.75, 3.05) is 5.32 Å².